The van der Waals surface area contributed by atoms with Gasteiger partial charge in [0.15, 0.2) is 0 Å². The molecule has 344 valence electrons. The summed E-state index contributed by atoms with van der Waals surface area (Å²) in [6.45, 7) is 16.1. The van der Waals surface area contributed by atoms with Crippen LogP contribution in [0.3, 0.4) is 0 Å². The SMILES string of the molecule is CC(C)(C)c1cc(-c2csc(-c3ccc(C(=O)N4CCc5nc[nH]c5C4)cc3Cl)c2)ccn1.CC(C)(C)c1cc(-c2csc(-c3ccc(C(=O)O)cc3Cl)c2)ccn1.c1nc2c([nH]1)CNCC2. The number of H-pyrrole nitrogens is 2. The molecule has 0 spiro atoms. The van der Waals surface area contributed by atoms with Crippen molar-refractivity contribution in [2.45, 2.75) is 78.3 Å². The summed E-state index contributed by atoms with van der Waals surface area (Å²) in [7, 11) is 0. The molecule has 0 saturated carbocycles. The van der Waals surface area contributed by atoms with E-state index in [2.05, 4.69) is 112 Å². The fourth-order valence-corrected chi connectivity index (χ4v) is 10.3. The number of pyridine rings is 2. The quantitative estimate of drug-likeness (QED) is 0.128. The van der Waals surface area contributed by atoms with Gasteiger partial charge in [0.1, 0.15) is 0 Å². The predicted octanol–water partition coefficient (Wildman–Crippen LogP) is 12.5. The summed E-state index contributed by atoms with van der Waals surface area (Å²) in [6.07, 6.45) is 8.99. The van der Waals surface area contributed by atoms with Crippen LogP contribution >= 0.6 is 45.9 Å². The fraction of sp³-hybridized carbons (Fsp3) is 0.269. The van der Waals surface area contributed by atoms with Gasteiger partial charge in [-0.15, -0.1) is 22.7 Å². The second kappa shape index (κ2) is 20.1. The number of fused-ring (bicyclic) bond motifs is 2. The van der Waals surface area contributed by atoms with Crippen LogP contribution in [0, 0.1) is 0 Å². The van der Waals surface area contributed by atoms with Crippen molar-refractivity contribution in [3.63, 3.8) is 0 Å². The Bertz CT molecular complexity index is 3030. The number of aromatic carboxylic acids is 1. The minimum Gasteiger partial charge on any atom is -0.478 e. The molecule has 15 heteroatoms. The Balaban J connectivity index is 0.000000157. The number of carbonyl (C=O) groups excluding carboxylic acids is 1. The molecule has 4 N–H and O–H groups in total. The van der Waals surface area contributed by atoms with Crippen molar-refractivity contribution in [2.75, 3.05) is 13.1 Å². The molecule has 2 aliphatic heterocycles. The van der Waals surface area contributed by atoms with Crippen LogP contribution < -0.4 is 5.32 Å². The van der Waals surface area contributed by atoms with E-state index in [1.54, 1.807) is 53.5 Å². The summed E-state index contributed by atoms with van der Waals surface area (Å²) in [4.78, 5) is 51.7. The number of benzene rings is 2. The normalized spacial score (nSPS) is 13.4. The highest BCUT2D eigenvalue weighted by Gasteiger charge is 2.25. The van der Waals surface area contributed by atoms with Crippen LogP contribution in [0.25, 0.3) is 43.1 Å². The number of carboxylic acid groups (broad SMARTS) is 1. The molecule has 1 amide bonds. The third-order valence-electron chi connectivity index (χ3n) is 11.6. The van der Waals surface area contributed by atoms with Gasteiger partial charge in [0.25, 0.3) is 5.91 Å². The molecular weight excluding hydrogens is 920 g/mol. The highest BCUT2D eigenvalue weighted by atomic mass is 35.5. The second-order valence-electron chi connectivity index (χ2n) is 18.5. The number of hydrogen-bond acceptors (Lipinski definition) is 9. The second-order valence-corrected chi connectivity index (χ2v) is 21.1. The summed E-state index contributed by atoms with van der Waals surface area (Å²) in [5.74, 6) is -0.992. The van der Waals surface area contributed by atoms with Crippen molar-refractivity contribution in [2.24, 2.45) is 0 Å². The number of thiophene rings is 2. The molecular formula is C52H52Cl2N8O3S2. The first kappa shape index (κ1) is 47.5. The largest absolute Gasteiger partial charge is 0.478 e. The maximum atomic E-state index is 13.1. The number of carbonyl (C=O) groups is 2. The monoisotopic (exact) mass is 970 g/mol. The number of nitrogens with zero attached hydrogens (tertiary/aromatic N) is 5. The molecule has 6 aromatic heterocycles. The molecule has 2 aromatic carbocycles. The third-order valence-corrected chi connectivity index (χ3v) is 14.1. The van der Waals surface area contributed by atoms with Crippen LogP contribution in [-0.2, 0) is 36.8 Å². The number of imidazole rings is 2. The van der Waals surface area contributed by atoms with Gasteiger partial charge in [-0.3, -0.25) is 14.8 Å². The Morgan fingerprint density at radius 1 is 0.642 bits per heavy atom. The van der Waals surface area contributed by atoms with Crippen LogP contribution in [0.4, 0.5) is 0 Å². The van der Waals surface area contributed by atoms with Crippen molar-refractivity contribution in [3.05, 3.63) is 164 Å². The maximum absolute atomic E-state index is 13.1. The van der Waals surface area contributed by atoms with Crippen LogP contribution in [0.15, 0.2) is 109 Å². The Labute approximate surface area is 408 Å². The molecule has 0 unspecified atom stereocenters. The first-order chi connectivity index (χ1) is 32.0. The lowest BCUT2D eigenvalue weighted by Gasteiger charge is -2.26. The number of halogens is 2. The average molecular weight is 972 g/mol. The Kier molecular flexibility index (Phi) is 14.3. The Hall–Kier alpha value is -5.96. The van der Waals surface area contributed by atoms with Crippen molar-refractivity contribution in [1.82, 2.24) is 40.1 Å². The van der Waals surface area contributed by atoms with Crippen LogP contribution in [0.5, 0.6) is 0 Å². The van der Waals surface area contributed by atoms with E-state index in [-0.39, 0.29) is 22.3 Å². The van der Waals surface area contributed by atoms with E-state index in [1.807, 2.05) is 41.6 Å². The maximum Gasteiger partial charge on any atom is 0.335 e. The molecule has 8 aromatic rings. The molecule has 11 nitrogen and oxygen atoms in total. The van der Waals surface area contributed by atoms with Crippen LogP contribution in [-0.4, -0.2) is 64.9 Å². The molecule has 0 atom stereocenters. The zero-order valence-corrected chi connectivity index (χ0v) is 41.4. The lowest BCUT2D eigenvalue weighted by molar-refractivity contribution is 0.0694. The fourth-order valence-electron chi connectivity index (χ4n) is 7.70. The first-order valence-electron chi connectivity index (χ1n) is 22.0. The van der Waals surface area contributed by atoms with Crippen LogP contribution in [0.1, 0.15) is 96.4 Å². The lowest BCUT2D eigenvalue weighted by Crippen LogP contribution is -2.36. The van der Waals surface area contributed by atoms with Gasteiger partial charge in [-0.2, -0.15) is 0 Å². The Morgan fingerprint density at radius 2 is 1.16 bits per heavy atom. The molecule has 0 saturated heterocycles. The Morgan fingerprint density at radius 3 is 1.69 bits per heavy atom. The lowest BCUT2D eigenvalue weighted by atomic mass is 9.90. The summed E-state index contributed by atoms with van der Waals surface area (Å²) in [6, 6.07) is 23.0. The van der Waals surface area contributed by atoms with E-state index in [1.165, 1.54) is 17.5 Å². The number of nitrogens with one attached hydrogen (secondary N) is 3. The van der Waals surface area contributed by atoms with Crippen molar-refractivity contribution in [1.29, 1.82) is 0 Å². The predicted molar refractivity (Wildman–Crippen MR) is 271 cm³/mol. The molecule has 0 radical (unpaired) electrons. The number of rotatable bonds is 6. The van der Waals surface area contributed by atoms with Crippen molar-refractivity contribution >= 4 is 57.8 Å². The van der Waals surface area contributed by atoms with E-state index in [4.69, 9.17) is 28.3 Å². The number of carboxylic acids is 1. The molecule has 0 bridgehead atoms. The number of aromatic amines is 2. The zero-order valence-electron chi connectivity index (χ0n) is 38.2. The average Bonchev–Trinajstić information content (AvgIpc) is 4.17. The van der Waals surface area contributed by atoms with E-state index < -0.39 is 5.97 Å². The number of hydrogen-bond donors (Lipinski definition) is 4. The summed E-state index contributed by atoms with van der Waals surface area (Å²) < 4.78 is 0. The molecule has 2 aliphatic rings. The van der Waals surface area contributed by atoms with E-state index >= 15 is 0 Å². The van der Waals surface area contributed by atoms with Crippen molar-refractivity contribution < 1.29 is 14.7 Å². The first-order valence-corrected chi connectivity index (χ1v) is 24.5. The minimum absolute atomic E-state index is 0.00610. The van der Waals surface area contributed by atoms with Gasteiger partial charge >= 0.3 is 5.97 Å². The molecule has 10 rings (SSSR count). The van der Waals surface area contributed by atoms with Gasteiger partial charge in [-0.05, 0) is 93.7 Å². The zero-order chi connectivity index (χ0) is 47.5. The molecule has 8 heterocycles. The van der Waals surface area contributed by atoms with Crippen LogP contribution in [0.2, 0.25) is 10.0 Å². The molecule has 0 fully saturated rings. The number of amides is 1. The highest BCUT2D eigenvalue weighted by molar-refractivity contribution is 7.14. The smallest absolute Gasteiger partial charge is 0.335 e. The van der Waals surface area contributed by atoms with Gasteiger partial charge < -0.3 is 25.3 Å². The van der Waals surface area contributed by atoms with Gasteiger partial charge in [0, 0.05) is 93.5 Å². The van der Waals surface area contributed by atoms with Gasteiger partial charge in [-0.1, -0.05) is 76.9 Å². The van der Waals surface area contributed by atoms with Gasteiger partial charge in [0.05, 0.1) is 57.6 Å². The number of aromatic nitrogens is 6. The highest BCUT2D eigenvalue weighted by Crippen LogP contribution is 2.39. The summed E-state index contributed by atoms with van der Waals surface area (Å²) >= 11 is 16.2. The standard InChI is InChI=1S/C26H25ClN4OS.C20H18ClNO2S.C6H9N3/c1-26(2,3)24-12-16(6-8-28-24)18-11-23(33-14-18)19-5-4-17(10-20(19)27)25(32)31-9-7-21-22(13-31)30-15-29-21;1-20(2,3)18-10-12(6-7-22-18)14-9-17(25-11-14)15-5-4-13(19(23)24)8-16(15)21;1-2-7-3-6-5(1)8-4-9-6/h4-6,8,10-12,14-15H,7,9,13H2,1-3H3,(H,29,30);4-11H,1-3H3,(H,23,24);4,7H,1-3H2,(H,8,9). The third kappa shape index (κ3) is 11.3. The van der Waals surface area contributed by atoms with E-state index in [9.17, 15) is 9.59 Å². The summed E-state index contributed by atoms with van der Waals surface area (Å²) in [5.41, 5.74) is 13.7. The minimum atomic E-state index is -0.980. The van der Waals surface area contributed by atoms with E-state index in [0.717, 1.165) is 91.8 Å². The van der Waals surface area contributed by atoms with Gasteiger partial charge in [0.2, 0.25) is 0 Å². The molecule has 0 aliphatic carbocycles. The topological polar surface area (TPSA) is 153 Å². The summed E-state index contributed by atoms with van der Waals surface area (Å²) in [5, 5.41) is 17.6. The van der Waals surface area contributed by atoms with E-state index in [0.29, 0.717) is 28.7 Å². The van der Waals surface area contributed by atoms with Crippen molar-refractivity contribution in [3.8, 4) is 43.1 Å². The molecule has 67 heavy (non-hydrogen) atoms. The van der Waals surface area contributed by atoms with Gasteiger partial charge in [-0.25, -0.2) is 14.8 Å².